The zero-order valence-corrected chi connectivity index (χ0v) is 11.7. The summed E-state index contributed by atoms with van der Waals surface area (Å²) in [6.45, 7) is 2.43. The van der Waals surface area contributed by atoms with Gasteiger partial charge in [-0.25, -0.2) is 4.79 Å². The fourth-order valence-corrected chi connectivity index (χ4v) is 2.05. The van der Waals surface area contributed by atoms with E-state index in [0.717, 1.165) is 16.7 Å². The Bertz CT molecular complexity index is 674. The average molecular weight is 281 g/mol. The molecule has 2 rings (SSSR count). The van der Waals surface area contributed by atoms with E-state index in [1.807, 2.05) is 36.4 Å². The first-order chi connectivity index (χ1) is 10.3. The van der Waals surface area contributed by atoms with E-state index >= 15 is 0 Å². The Hall–Kier alpha value is -2.78. The minimum absolute atomic E-state index is 0.298. The Labute approximate surface area is 122 Å². The third-order valence-electron chi connectivity index (χ3n) is 3.03. The van der Waals surface area contributed by atoms with Crippen molar-refractivity contribution in [3.63, 3.8) is 0 Å². The van der Waals surface area contributed by atoms with Crippen LogP contribution in [0.3, 0.4) is 0 Å². The van der Waals surface area contributed by atoms with E-state index in [9.17, 15) is 4.79 Å². The molecule has 0 bridgehead atoms. The summed E-state index contributed by atoms with van der Waals surface area (Å²) in [5.74, 6) is -0.327. The van der Waals surface area contributed by atoms with Gasteiger partial charge in [-0.2, -0.15) is 0 Å². The van der Waals surface area contributed by atoms with Crippen LogP contribution in [0.2, 0.25) is 0 Å². The van der Waals surface area contributed by atoms with Gasteiger partial charge in [-0.15, -0.1) is 0 Å². The van der Waals surface area contributed by atoms with Crippen LogP contribution < -0.4 is 0 Å². The number of esters is 1. The van der Waals surface area contributed by atoms with Crippen molar-refractivity contribution in [2.75, 3.05) is 6.61 Å². The molecule has 2 aromatic carbocycles. The molecular weight excluding hydrogens is 266 g/mol. The van der Waals surface area contributed by atoms with Crippen LogP contribution in [0.1, 0.15) is 22.8 Å². The standard InChI is InChI=1S/C16H15N3O2/c1-2-21-16(20)13-9-7-12(8-10-13)15-6-4-3-5-14(15)11-18-19-17/h3-10H,2,11H2,1H3. The highest BCUT2D eigenvalue weighted by molar-refractivity contribution is 5.90. The van der Waals surface area contributed by atoms with Crippen molar-refractivity contribution < 1.29 is 9.53 Å². The number of benzene rings is 2. The Morgan fingerprint density at radius 3 is 2.57 bits per heavy atom. The summed E-state index contributed by atoms with van der Waals surface area (Å²) in [4.78, 5) is 14.4. The number of carbonyl (C=O) groups excluding carboxylic acids is 1. The monoisotopic (exact) mass is 281 g/mol. The Morgan fingerprint density at radius 2 is 1.90 bits per heavy atom. The molecule has 0 saturated heterocycles. The number of nitrogens with zero attached hydrogens (tertiary/aromatic N) is 3. The molecule has 5 heteroatoms. The highest BCUT2D eigenvalue weighted by Crippen LogP contribution is 2.25. The van der Waals surface area contributed by atoms with E-state index in [0.29, 0.717) is 18.7 Å². The summed E-state index contributed by atoms with van der Waals surface area (Å²) in [5, 5.41) is 3.60. The number of carbonyl (C=O) groups is 1. The molecule has 0 saturated carbocycles. The van der Waals surface area contributed by atoms with Crippen LogP contribution in [0.5, 0.6) is 0 Å². The molecule has 0 unspecified atom stereocenters. The molecule has 0 aliphatic rings. The minimum atomic E-state index is -0.327. The number of rotatable bonds is 5. The van der Waals surface area contributed by atoms with Crippen molar-refractivity contribution in [2.24, 2.45) is 5.11 Å². The second-order valence-electron chi connectivity index (χ2n) is 4.34. The predicted octanol–water partition coefficient (Wildman–Crippen LogP) is 4.34. The van der Waals surface area contributed by atoms with E-state index in [1.165, 1.54) is 0 Å². The van der Waals surface area contributed by atoms with Crippen molar-refractivity contribution in [3.8, 4) is 11.1 Å². The zero-order chi connectivity index (χ0) is 15.1. The Balaban J connectivity index is 2.30. The smallest absolute Gasteiger partial charge is 0.338 e. The number of hydrogen-bond donors (Lipinski definition) is 0. The fraction of sp³-hybridized carbons (Fsp3) is 0.188. The lowest BCUT2D eigenvalue weighted by atomic mass is 9.99. The molecule has 0 spiro atoms. The van der Waals surface area contributed by atoms with Gasteiger partial charge in [0.25, 0.3) is 0 Å². The quantitative estimate of drug-likeness (QED) is 0.354. The minimum Gasteiger partial charge on any atom is -0.462 e. The summed E-state index contributed by atoms with van der Waals surface area (Å²) in [6.07, 6.45) is 0. The van der Waals surface area contributed by atoms with Crippen LogP contribution in [0.15, 0.2) is 53.6 Å². The topological polar surface area (TPSA) is 75.1 Å². The molecule has 0 aliphatic heterocycles. The predicted molar refractivity (Wildman–Crippen MR) is 80.7 cm³/mol. The molecule has 0 aliphatic carbocycles. The molecule has 0 fully saturated rings. The van der Waals surface area contributed by atoms with Crippen molar-refractivity contribution >= 4 is 5.97 Å². The van der Waals surface area contributed by atoms with E-state index in [-0.39, 0.29) is 5.97 Å². The average Bonchev–Trinajstić information content (AvgIpc) is 2.53. The highest BCUT2D eigenvalue weighted by Gasteiger charge is 2.08. The summed E-state index contributed by atoms with van der Waals surface area (Å²) in [5.41, 5.74) is 11.9. The van der Waals surface area contributed by atoms with Crippen molar-refractivity contribution in [1.82, 2.24) is 0 Å². The first kappa shape index (κ1) is 14.6. The largest absolute Gasteiger partial charge is 0.462 e. The molecule has 0 heterocycles. The van der Waals surface area contributed by atoms with Gasteiger partial charge in [0, 0.05) is 4.91 Å². The third kappa shape index (κ3) is 3.61. The van der Waals surface area contributed by atoms with E-state index < -0.39 is 0 Å². The third-order valence-corrected chi connectivity index (χ3v) is 3.03. The van der Waals surface area contributed by atoms with Crippen LogP contribution in [0, 0.1) is 0 Å². The molecule has 0 atom stereocenters. The highest BCUT2D eigenvalue weighted by atomic mass is 16.5. The molecule has 0 radical (unpaired) electrons. The molecule has 21 heavy (non-hydrogen) atoms. The molecule has 0 amide bonds. The van der Waals surface area contributed by atoms with Crippen LogP contribution in [0.25, 0.3) is 21.6 Å². The fourth-order valence-electron chi connectivity index (χ4n) is 2.05. The van der Waals surface area contributed by atoms with Crippen molar-refractivity contribution in [1.29, 1.82) is 0 Å². The molecule has 5 nitrogen and oxygen atoms in total. The Morgan fingerprint density at radius 1 is 1.19 bits per heavy atom. The molecule has 0 aromatic heterocycles. The summed E-state index contributed by atoms with van der Waals surface area (Å²) in [7, 11) is 0. The molecule has 2 aromatic rings. The van der Waals surface area contributed by atoms with Crippen LogP contribution in [-0.2, 0) is 11.3 Å². The molecule has 0 N–H and O–H groups in total. The maximum atomic E-state index is 11.6. The normalized spacial score (nSPS) is 9.76. The summed E-state index contributed by atoms with van der Waals surface area (Å²) in [6, 6.07) is 14.9. The SMILES string of the molecule is CCOC(=O)c1ccc(-c2ccccc2CN=[N+]=[N-])cc1. The van der Waals surface area contributed by atoms with Crippen LogP contribution in [-0.4, -0.2) is 12.6 Å². The lowest BCUT2D eigenvalue weighted by Gasteiger charge is -2.08. The van der Waals surface area contributed by atoms with Gasteiger partial charge in [0.1, 0.15) is 0 Å². The molecule has 106 valence electrons. The van der Waals surface area contributed by atoms with Crippen molar-refractivity contribution in [2.45, 2.75) is 13.5 Å². The van der Waals surface area contributed by atoms with Gasteiger partial charge >= 0.3 is 5.97 Å². The van der Waals surface area contributed by atoms with Gasteiger partial charge in [-0.3, -0.25) is 0 Å². The van der Waals surface area contributed by atoms with Crippen LogP contribution >= 0.6 is 0 Å². The second kappa shape index (κ2) is 7.12. The van der Waals surface area contributed by atoms with E-state index in [1.54, 1.807) is 19.1 Å². The van der Waals surface area contributed by atoms with E-state index in [4.69, 9.17) is 10.3 Å². The van der Waals surface area contributed by atoms with Gasteiger partial charge < -0.3 is 4.74 Å². The van der Waals surface area contributed by atoms with Gasteiger partial charge in [0.2, 0.25) is 0 Å². The van der Waals surface area contributed by atoms with E-state index in [2.05, 4.69) is 10.0 Å². The number of hydrogen-bond acceptors (Lipinski definition) is 3. The first-order valence-electron chi connectivity index (χ1n) is 6.62. The van der Waals surface area contributed by atoms with Gasteiger partial charge in [0.15, 0.2) is 0 Å². The Kier molecular flexibility index (Phi) is 4.96. The number of ether oxygens (including phenoxy) is 1. The zero-order valence-electron chi connectivity index (χ0n) is 11.7. The lowest BCUT2D eigenvalue weighted by Crippen LogP contribution is -2.04. The maximum absolute atomic E-state index is 11.6. The lowest BCUT2D eigenvalue weighted by molar-refractivity contribution is 0.0526. The van der Waals surface area contributed by atoms with Crippen molar-refractivity contribution in [3.05, 3.63) is 70.1 Å². The van der Waals surface area contributed by atoms with Gasteiger partial charge in [0.05, 0.1) is 18.7 Å². The first-order valence-corrected chi connectivity index (χ1v) is 6.62. The van der Waals surface area contributed by atoms with Gasteiger partial charge in [-0.05, 0) is 41.3 Å². The summed E-state index contributed by atoms with van der Waals surface area (Å²) >= 11 is 0. The number of azide groups is 1. The summed E-state index contributed by atoms with van der Waals surface area (Å²) < 4.78 is 4.96. The maximum Gasteiger partial charge on any atom is 0.338 e. The van der Waals surface area contributed by atoms with Gasteiger partial charge in [-0.1, -0.05) is 41.5 Å². The second-order valence-corrected chi connectivity index (χ2v) is 4.34. The van der Waals surface area contributed by atoms with Crippen LogP contribution in [0.4, 0.5) is 0 Å². The molecular formula is C16H15N3O2.